The van der Waals surface area contributed by atoms with Crippen LogP contribution in [-0.4, -0.2) is 11.1 Å². The molecule has 2 bridgehead atoms. The van der Waals surface area contributed by atoms with Gasteiger partial charge in [-0.2, -0.15) is 0 Å². The van der Waals surface area contributed by atoms with Gasteiger partial charge in [0.05, 0.1) is 5.92 Å². The number of benzene rings is 1. The zero-order valence-electron chi connectivity index (χ0n) is 11.9. The fourth-order valence-electron chi connectivity index (χ4n) is 5.41. The van der Waals surface area contributed by atoms with E-state index in [2.05, 4.69) is 31.7 Å². The van der Waals surface area contributed by atoms with Crippen molar-refractivity contribution in [3.05, 3.63) is 47.0 Å². The standard InChI is InChI=1S/C18H20O2/c1-10-4-3-5-13-14-7-6-12-9-18(14,8-11(12)2)16(15(10)13)17(19)20/h3-5,12,14,16H,2,6-9H2,1H3,(H,19,20)/t12-,14?,16-,18+/m1/s1. The number of rotatable bonds is 1. The van der Waals surface area contributed by atoms with Gasteiger partial charge in [0.1, 0.15) is 0 Å². The van der Waals surface area contributed by atoms with Crippen molar-refractivity contribution in [3.8, 4) is 0 Å². The minimum atomic E-state index is -0.640. The summed E-state index contributed by atoms with van der Waals surface area (Å²) in [4.78, 5) is 12.0. The van der Waals surface area contributed by atoms with E-state index in [4.69, 9.17) is 0 Å². The van der Waals surface area contributed by atoms with Crippen LogP contribution in [0.25, 0.3) is 0 Å². The van der Waals surface area contributed by atoms with E-state index in [1.165, 1.54) is 17.6 Å². The van der Waals surface area contributed by atoms with Crippen molar-refractivity contribution in [2.45, 2.75) is 44.4 Å². The highest BCUT2D eigenvalue weighted by molar-refractivity contribution is 5.81. The topological polar surface area (TPSA) is 37.3 Å². The van der Waals surface area contributed by atoms with Gasteiger partial charge in [0.15, 0.2) is 0 Å². The number of aryl methyl sites for hydroxylation is 1. The Hall–Kier alpha value is -1.57. The zero-order chi connectivity index (χ0) is 14.1. The van der Waals surface area contributed by atoms with Crippen LogP contribution in [0.3, 0.4) is 0 Å². The third-order valence-electron chi connectivity index (χ3n) is 6.10. The van der Waals surface area contributed by atoms with Crippen LogP contribution < -0.4 is 0 Å². The molecule has 2 heteroatoms. The molecule has 0 aromatic heterocycles. The molecule has 4 rings (SSSR count). The molecule has 3 aliphatic carbocycles. The molecular weight excluding hydrogens is 248 g/mol. The highest BCUT2D eigenvalue weighted by atomic mass is 16.4. The van der Waals surface area contributed by atoms with Gasteiger partial charge in [-0.3, -0.25) is 4.79 Å². The van der Waals surface area contributed by atoms with Gasteiger partial charge in [-0.1, -0.05) is 30.4 Å². The molecule has 1 aromatic carbocycles. The van der Waals surface area contributed by atoms with Crippen LogP contribution in [0, 0.1) is 18.3 Å². The summed E-state index contributed by atoms with van der Waals surface area (Å²) >= 11 is 0. The van der Waals surface area contributed by atoms with E-state index in [-0.39, 0.29) is 11.3 Å². The summed E-state index contributed by atoms with van der Waals surface area (Å²) in [6.07, 6.45) is 4.25. The van der Waals surface area contributed by atoms with Gasteiger partial charge in [0, 0.05) is 0 Å². The fourth-order valence-corrected chi connectivity index (χ4v) is 5.41. The van der Waals surface area contributed by atoms with Crippen LogP contribution in [0.2, 0.25) is 0 Å². The second-order valence-corrected chi connectivity index (χ2v) is 6.95. The van der Waals surface area contributed by atoms with Crippen molar-refractivity contribution in [1.82, 2.24) is 0 Å². The predicted octanol–water partition coefficient (Wildman–Crippen LogP) is 4.01. The van der Waals surface area contributed by atoms with E-state index in [1.54, 1.807) is 0 Å². The summed E-state index contributed by atoms with van der Waals surface area (Å²) in [6.45, 7) is 6.30. The second kappa shape index (κ2) is 3.75. The van der Waals surface area contributed by atoms with E-state index in [9.17, 15) is 9.90 Å². The summed E-state index contributed by atoms with van der Waals surface area (Å²) in [5, 5.41) is 9.89. The molecule has 2 fully saturated rings. The molecule has 104 valence electrons. The minimum Gasteiger partial charge on any atom is -0.481 e. The van der Waals surface area contributed by atoms with Gasteiger partial charge < -0.3 is 5.11 Å². The third-order valence-corrected chi connectivity index (χ3v) is 6.10. The molecule has 0 heterocycles. The number of aliphatic carboxylic acids is 1. The SMILES string of the molecule is C=C1C[C@]23C[C@H]1CCC2c1cccc(C)c1[C@@H]3C(=O)O. The van der Waals surface area contributed by atoms with Gasteiger partial charge >= 0.3 is 5.97 Å². The number of fused-ring (bicyclic) bond motifs is 3. The summed E-state index contributed by atoms with van der Waals surface area (Å²) in [7, 11) is 0. The van der Waals surface area contributed by atoms with E-state index < -0.39 is 5.97 Å². The summed E-state index contributed by atoms with van der Waals surface area (Å²) < 4.78 is 0. The molecular formula is C18H20O2. The third kappa shape index (κ3) is 1.27. The lowest BCUT2D eigenvalue weighted by atomic mass is 9.64. The lowest BCUT2D eigenvalue weighted by Gasteiger charge is -2.38. The molecule has 20 heavy (non-hydrogen) atoms. The van der Waals surface area contributed by atoms with Gasteiger partial charge in [0.2, 0.25) is 0 Å². The van der Waals surface area contributed by atoms with Crippen LogP contribution in [-0.2, 0) is 4.79 Å². The van der Waals surface area contributed by atoms with Gasteiger partial charge in [-0.05, 0) is 66.5 Å². The van der Waals surface area contributed by atoms with E-state index >= 15 is 0 Å². The predicted molar refractivity (Wildman–Crippen MR) is 77.8 cm³/mol. The van der Waals surface area contributed by atoms with Crippen LogP contribution >= 0.6 is 0 Å². The summed E-state index contributed by atoms with van der Waals surface area (Å²) in [6, 6.07) is 6.31. The number of carboxylic acids is 1. The number of hydrogen-bond acceptors (Lipinski definition) is 1. The minimum absolute atomic E-state index is 0.0831. The first-order valence-corrected chi connectivity index (χ1v) is 7.54. The van der Waals surface area contributed by atoms with Crippen molar-refractivity contribution in [2.24, 2.45) is 11.3 Å². The zero-order valence-corrected chi connectivity index (χ0v) is 11.9. The Bertz CT molecular complexity index is 630. The molecule has 4 atom stereocenters. The molecule has 0 saturated heterocycles. The molecule has 1 unspecified atom stereocenters. The average Bonchev–Trinajstić information content (AvgIpc) is 2.82. The van der Waals surface area contributed by atoms with Crippen LogP contribution in [0.15, 0.2) is 30.4 Å². The Morgan fingerprint density at radius 2 is 2.20 bits per heavy atom. The number of hydrogen-bond donors (Lipinski definition) is 1. The van der Waals surface area contributed by atoms with Gasteiger partial charge in [-0.15, -0.1) is 0 Å². The molecule has 2 nitrogen and oxygen atoms in total. The molecule has 1 N–H and O–H groups in total. The van der Waals surface area contributed by atoms with Crippen LogP contribution in [0.5, 0.6) is 0 Å². The largest absolute Gasteiger partial charge is 0.481 e. The number of carboxylic acid groups (broad SMARTS) is 1. The first-order valence-electron chi connectivity index (χ1n) is 7.54. The Morgan fingerprint density at radius 3 is 2.95 bits per heavy atom. The van der Waals surface area contributed by atoms with Crippen molar-refractivity contribution in [1.29, 1.82) is 0 Å². The number of carbonyl (C=O) groups is 1. The molecule has 0 aliphatic heterocycles. The van der Waals surface area contributed by atoms with E-state index in [0.717, 1.165) is 30.4 Å². The number of allylic oxidation sites excluding steroid dienone is 1. The highest BCUT2D eigenvalue weighted by Gasteiger charge is 2.61. The van der Waals surface area contributed by atoms with Crippen molar-refractivity contribution in [3.63, 3.8) is 0 Å². The quantitative estimate of drug-likeness (QED) is 0.781. The fraction of sp³-hybridized carbons (Fsp3) is 0.500. The van der Waals surface area contributed by atoms with E-state index in [0.29, 0.717) is 11.8 Å². The van der Waals surface area contributed by atoms with Crippen LogP contribution in [0.1, 0.15) is 54.2 Å². The first-order chi connectivity index (χ1) is 9.54. The molecule has 0 radical (unpaired) electrons. The van der Waals surface area contributed by atoms with Crippen LogP contribution in [0.4, 0.5) is 0 Å². The molecule has 0 amide bonds. The maximum absolute atomic E-state index is 12.0. The highest BCUT2D eigenvalue weighted by Crippen LogP contribution is 2.70. The van der Waals surface area contributed by atoms with Crippen molar-refractivity contribution >= 4 is 5.97 Å². The summed E-state index contributed by atoms with van der Waals surface area (Å²) in [5.41, 5.74) is 4.78. The molecule has 1 aromatic rings. The monoisotopic (exact) mass is 268 g/mol. The molecule has 1 spiro atoms. The second-order valence-electron chi connectivity index (χ2n) is 6.95. The van der Waals surface area contributed by atoms with E-state index in [1.807, 2.05) is 0 Å². The average molecular weight is 268 g/mol. The molecule has 3 aliphatic rings. The van der Waals surface area contributed by atoms with Crippen molar-refractivity contribution < 1.29 is 9.90 Å². The lowest BCUT2D eigenvalue weighted by molar-refractivity contribution is -0.142. The summed E-state index contributed by atoms with van der Waals surface area (Å²) in [5.74, 6) is 0.0147. The van der Waals surface area contributed by atoms with Gasteiger partial charge in [-0.25, -0.2) is 0 Å². The molecule has 2 saturated carbocycles. The van der Waals surface area contributed by atoms with Gasteiger partial charge in [0.25, 0.3) is 0 Å². The smallest absolute Gasteiger partial charge is 0.311 e. The normalized spacial score (nSPS) is 37.6. The Balaban J connectivity index is 1.97. The first kappa shape index (κ1) is 12.2. The Morgan fingerprint density at radius 1 is 1.40 bits per heavy atom. The lowest BCUT2D eigenvalue weighted by Crippen LogP contribution is -2.34. The Kier molecular flexibility index (Phi) is 2.28. The maximum Gasteiger partial charge on any atom is 0.311 e. The maximum atomic E-state index is 12.0. The van der Waals surface area contributed by atoms with Crippen molar-refractivity contribution in [2.75, 3.05) is 0 Å². The Labute approximate surface area is 119 Å².